The van der Waals surface area contributed by atoms with Gasteiger partial charge < -0.3 is 10.4 Å². The maximum absolute atomic E-state index is 9.30. The van der Waals surface area contributed by atoms with Gasteiger partial charge in [0.1, 0.15) is 5.75 Å². The highest BCUT2D eigenvalue weighted by molar-refractivity contribution is 5.60. The van der Waals surface area contributed by atoms with Gasteiger partial charge in [0.15, 0.2) is 0 Å². The first-order chi connectivity index (χ1) is 10.3. The minimum atomic E-state index is 0.293. The second-order valence-corrected chi connectivity index (χ2v) is 5.54. The van der Waals surface area contributed by atoms with E-state index in [9.17, 15) is 5.11 Å². The first-order valence-electron chi connectivity index (χ1n) is 7.93. The summed E-state index contributed by atoms with van der Waals surface area (Å²) in [5.74, 6) is 0.293. The van der Waals surface area contributed by atoms with Crippen molar-refractivity contribution in [1.82, 2.24) is 0 Å². The number of nitrogens with one attached hydrogen (secondary N) is 1. The number of hydrogen-bond acceptors (Lipinski definition) is 2. The van der Waals surface area contributed by atoms with E-state index in [1.807, 2.05) is 12.1 Å². The second kappa shape index (κ2) is 8.35. The van der Waals surface area contributed by atoms with Gasteiger partial charge >= 0.3 is 0 Å². The molecule has 0 radical (unpaired) electrons. The van der Waals surface area contributed by atoms with Gasteiger partial charge in [-0.15, -0.1) is 0 Å². The molecule has 0 atom stereocenters. The van der Waals surface area contributed by atoms with Gasteiger partial charge in [-0.25, -0.2) is 0 Å². The number of anilines is 2. The summed E-state index contributed by atoms with van der Waals surface area (Å²) >= 11 is 0. The predicted octanol–water partition coefficient (Wildman–Crippen LogP) is 5.65. The average molecular weight is 283 g/mol. The fraction of sp³-hybridized carbons (Fsp3) is 0.368. The van der Waals surface area contributed by atoms with E-state index in [-0.39, 0.29) is 0 Å². The largest absolute Gasteiger partial charge is 0.508 e. The molecule has 0 heterocycles. The lowest BCUT2D eigenvalue weighted by atomic mass is 10.0. The molecule has 0 aliphatic rings. The molecular formula is C19H25NO. The van der Waals surface area contributed by atoms with Gasteiger partial charge in [-0.05, 0) is 54.8 Å². The summed E-state index contributed by atoms with van der Waals surface area (Å²) in [5.41, 5.74) is 3.48. The minimum absolute atomic E-state index is 0.293. The van der Waals surface area contributed by atoms with Gasteiger partial charge in [0, 0.05) is 11.4 Å². The molecule has 0 amide bonds. The molecule has 21 heavy (non-hydrogen) atoms. The average Bonchev–Trinajstić information content (AvgIpc) is 2.50. The molecule has 0 fully saturated rings. The third-order valence-corrected chi connectivity index (χ3v) is 3.65. The first kappa shape index (κ1) is 15.4. The Labute approximate surface area is 127 Å². The third kappa shape index (κ3) is 5.50. The van der Waals surface area contributed by atoms with E-state index in [2.05, 4.69) is 36.5 Å². The van der Waals surface area contributed by atoms with Crippen molar-refractivity contribution in [3.63, 3.8) is 0 Å². The van der Waals surface area contributed by atoms with Gasteiger partial charge in [0.25, 0.3) is 0 Å². The lowest BCUT2D eigenvalue weighted by Crippen LogP contribution is -1.92. The van der Waals surface area contributed by atoms with Crippen LogP contribution < -0.4 is 5.32 Å². The number of phenols is 1. The Balaban J connectivity index is 1.87. The Hall–Kier alpha value is -1.96. The van der Waals surface area contributed by atoms with Crippen molar-refractivity contribution in [2.45, 2.75) is 45.4 Å². The first-order valence-corrected chi connectivity index (χ1v) is 7.93. The van der Waals surface area contributed by atoms with Gasteiger partial charge in [-0.2, -0.15) is 0 Å². The summed E-state index contributed by atoms with van der Waals surface area (Å²) in [7, 11) is 0. The number of hydrogen-bond donors (Lipinski definition) is 2. The standard InChI is InChI=1S/C19H25NO/c1-2-3-4-5-6-8-16-9-7-10-18(15-16)20-17-11-13-19(21)14-12-17/h7,9-15,20-21H,2-6,8H2,1H3. The molecule has 2 heteroatoms. The van der Waals surface area contributed by atoms with Crippen LogP contribution in [-0.4, -0.2) is 5.11 Å². The highest BCUT2D eigenvalue weighted by atomic mass is 16.3. The maximum Gasteiger partial charge on any atom is 0.115 e. The molecule has 0 saturated carbocycles. The minimum Gasteiger partial charge on any atom is -0.508 e. The van der Waals surface area contributed by atoms with E-state index in [1.165, 1.54) is 37.7 Å². The van der Waals surface area contributed by atoms with E-state index in [0.29, 0.717) is 5.75 Å². The van der Waals surface area contributed by atoms with Crippen molar-refractivity contribution in [3.05, 3.63) is 54.1 Å². The lowest BCUT2D eigenvalue weighted by Gasteiger charge is -2.09. The van der Waals surface area contributed by atoms with Crippen LogP contribution in [0.15, 0.2) is 48.5 Å². The Morgan fingerprint density at radius 3 is 2.38 bits per heavy atom. The molecule has 0 unspecified atom stereocenters. The topological polar surface area (TPSA) is 32.3 Å². The van der Waals surface area contributed by atoms with Crippen molar-refractivity contribution in [3.8, 4) is 5.75 Å². The number of benzene rings is 2. The molecule has 0 aliphatic heterocycles. The maximum atomic E-state index is 9.30. The zero-order valence-corrected chi connectivity index (χ0v) is 12.8. The van der Waals surface area contributed by atoms with Crippen molar-refractivity contribution < 1.29 is 5.11 Å². The van der Waals surface area contributed by atoms with Gasteiger partial charge in [-0.1, -0.05) is 44.7 Å². The van der Waals surface area contributed by atoms with Crippen LogP contribution in [-0.2, 0) is 6.42 Å². The van der Waals surface area contributed by atoms with Gasteiger partial charge in [0.2, 0.25) is 0 Å². The van der Waals surface area contributed by atoms with Crippen LogP contribution in [0.25, 0.3) is 0 Å². The van der Waals surface area contributed by atoms with Gasteiger partial charge in [-0.3, -0.25) is 0 Å². The van der Waals surface area contributed by atoms with Crippen LogP contribution in [0, 0.1) is 0 Å². The lowest BCUT2D eigenvalue weighted by molar-refractivity contribution is 0.475. The SMILES string of the molecule is CCCCCCCc1cccc(Nc2ccc(O)cc2)c1. The molecule has 2 nitrogen and oxygen atoms in total. The van der Waals surface area contributed by atoms with Crippen molar-refractivity contribution in [1.29, 1.82) is 0 Å². The van der Waals surface area contributed by atoms with E-state index in [1.54, 1.807) is 12.1 Å². The number of unbranched alkanes of at least 4 members (excludes halogenated alkanes) is 4. The molecule has 2 aromatic carbocycles. The number of rotatable bonds is 8. The van der Waals surface area contributed by atoms with Crippen LogP contribution in [0.4, 0.5) is 11.4 Å². The normalized spacial score (nSPS) is 10.5. The molecule has 112 valence electrons. The molecule has 0 aliphatic carbocycles. The summed E-state index contributed by atoms with van der Waals surface area (Å²) in [5, 5.41) is 12.7. The summed E-state index contributed by atoms with van der Waals surface area (Å²) in [6.45, 7) is 2.25. The zero-order chi connectivity index (χ0) is 14.9. The summed E-state index contributed by atoms with van der Waals surface area (Å²) in [6, 6.07) is 15.7. The molecule has 2 aromatic rings. The number of aryl methyl sites for hydroxylation is 1. The Bertz CT molecular complexity index is 534. The third-order valence-electron chi connectivity index (χ3n) is 3.65. The molecule has 0 saturated heterocycles. The Morgan fingerprint density at radius 1 is 0.857 bits per heavy atom. The van der Waals surface area contributed by atoms with Crippen LogP contribution in [0.5, 0.6) is 5.75 Å². The van der Waals surface area contributed by atoms with E-state index in [4.69, 9.17) is 0 Å². The second-order valence-electron chi connectivity index (χ2n) is 5.54. The molecule has 0 spiro atoms. The van der Waals surface area contributed by atoms with E-state index >= 15 is 0 Å². The fourth-order valence-corrected chi connectivity index (χ4v) is 2.45. The highest BCUT2D eigenvalue weighted by Gasteiger charge is 1.98. The van der Waals surface area contributed by atoms with Crippen molar-refractivity contribution >= 4 is 11.4 Å². The summed E-state index contributed by atoms with van der Waals surface area (Å²) in [4.78, 5) is 0. The van der Waals surface area contributed by atoms with Crippen molar-refractivity contribution in [2.75, 3.05) is 5.32 Å². The molecule has 2 N–H and O–H groups in total. The predicted molar refractivity (Wildman–Crippen MR) is 90.3 cm³/mol. The van der Waals surface area contributed by atoms with Crippen LogP contribution >= 0.6 is 0 Å². The summed E-state index contributed by atoms with van der Waals surface area (Å²) in [6.07, 6.45) is 7.73. The van der Waals surface area contributed by atoms with E-state index < -0.39 is 0 Å². The van der Waals surface area contributed by atoms with Crippen molar-refractivity contribution in [2.24, 2.45) is 0 Å². The van der Waals surface area contributed by atoms with Gasteiger partial charge in [0.05, 0.1) is 0 Å². The number of aromatic hydroxyl groups is 1. The highest BCUT2D eigenvalue weighted by Crippen LogP contribution is 2.21. The van der Waals surface area contributed by atoms with E-state index in [0.717, 1.165) is 17.8 Å². The quantitative estimate of drug-likeness (QED) is 0.484. The molecule has 2 rings (SSSR count). The monoisotopic (exact) mass is 283 g/mol. The smallest absolute Gasteiger partial charge is 0.115 e. The molecule has 0 bridgehead atoms. The van der Waals surface area contributed by atoms with Crippen LogP contribution in [0.1, 0.15) is 44.6 Å². The Morgan fingerprint density at radius 2 is 1.62 bits per heavy atom. The number of phenolic OH excluding ortho intramolecular Hbond substituents is 1. The molecular weight excluding hydrogens is 258 g/mol. The zero-order valence-electron chi connectivity index (χ0n) is 12.8. The van der Waals surface area contributed by atoms with Crippen LogP contribution in [0.2, 0.25) is 0 Å². The fourth-order valence-electron chi connectivity index (χ4n) is 2.45. The van der Waals surface area contributed by atoms with Crippen LogP contribution in [0.3, 0.4) is 0 Å². The molecule has 0 aromatic heterocycles. The summed E-state index contributed by atoms with van der Waals surface area (Å²) < 4.78 is 0. The Kier molecular flexibility index (Phi) is 6.14.